The highest BCUT2D eigenvalue weighted by Crippen LogP contribution is 2.24. The van der Waals surface area contributed by atoms with E-state index in [0.29, 0.717) is 10.5 Å². The highest BCUT2D eigenvalue weighted by Gasteiger charge is 2.14. The molecule has 1 aromatic rings. The van der Waals surface area contributed by atoms with Gasteiger partial charge in [0.2, 0.25) is 0 Å². The standard InChI is InChI=1S/C9H10FNO2S/c1-5-4-6(10)2-3-7(5)14-8(11)9(12)13/h2-4,8H,11H2,1H3,(H,12,13). The molecule has 0 amide bonds. The van der Waals surface area contributed by atoms with Crippen molar-refractivity contribution >= 4 is 17.7 Å². The Bertz CT molecular complexity index is 357. The molecule has 0 aliphatic rings. The molecule has 76 valence electrons. The van der Waals surface area contributed by atoms with Gasteiger partial charge in [0, 0.05) is 4.90 Å². The summed E-state index contributed by atoms with van der Waals surface area (Å²) in [5.74, 6) is -1.42. The fourth-order valence-electron chi connectivity index (χ4n) is 0.932. The summed E-state index contributed by atoms with van der Waals surface area (Å²) in [6, 6.07) is 4.15. The summed E-state index contributed by atoms with van der Waals surface area (Å²) in [6.07, 6.45) is 0. The van der Waals surface area contributed by atoms with Crippen molar-refractivity contribution in [3.8, 4) is 0 Å². The van der Waals surface area contributed by atoms with Crippen LogP contribution >= 0.6 is 11.8 Å². The number of thioether (sulfide) groups is 1. The molecule has 0 bridgehead atoms. The SMILES string of the molecule is Cc1cc(F)ccc1SC(N)C(=O)O. The molecule has 0 radical (unpaired) electrons. The van der Waals surface area contributed by atoms with Crippen LogP contribution in [0.15, 0.2) is 23.1 Å². The number of hydrogen-bond acceptors (Lipinski definition) is 3. The van der Waals surface area contributed by atoms with Crippen molar-refractivity contribution in [2.75, 3.05) is 0 Å². The topological polar surface area (TPSA) is 63.3 Å². The average molecular weight is 215 g/mol. The number of carboxylic acids is 1. The van der Waals surface area contributed by atoms with E-state index >= 15 is 0 Å². The van der Waals surface area contributed by atoms with E-state index in [4.69, 9.17) is 10.8 Å². The van der Waals surface area contributed by atoms with E-state index in [9.17, 15) is 9.18 Å². The quantitative estimate of drug-likeness (QED) is 0.593. The van der Waals surface area contributed by atoms with Crippen LogP contribution in [0.25, 0.3) is 0 Å². The normalized spacial score (nSPS) is 12.5. The van der Waals surface area contributed by atoms with Gasteiger partial charge in [-0.3, -0.25) is 0 Å². The monoisotopic (exact) mass is 215 g/mol. The Labute approximate surface area is 85.1 Å². The smallest absolute Gasteiger partial charge is 0.331 e. The minimum Gasteiger partial charge on any atom is -0.479 e. The third kappa shape index (κ3) is 2.71. The van der Waals surface area contributed by atoms with E-state index < -0.39 is 11.3 Å². The first-order valence-electron chi connectivity index (χ1n) is 3.92. The van der Waals surface area contributed by atoms with Gasteiger partial charge in [0.25, 0.3) is 0 Å². The Morgan fingerprint density at radius 1 is 1.64 bits per heavy atom. The predicted molar refractivity (Wildman–Crippen MR) is 52.6 cm³/mol. The molecule has 0 heterocycles. The zero-order valence-electron chi connectivity index (χ0n) is 7.53. The fourth-order valence-corrected chi connectivity index (χ4v) is 1.70. The number of rotatable bonds is 3. The minimum absolute atomic E-state index is 0.337. The largest absolute Gasteiger partial charge is 0.479 e. The Hall–Kier alpha value is -1.07. The number of carboxylic acid groups (broad SMARTS) is 1. The summed E-state index contributed by atoms with van der Waals surface area (Å²) in [6.45, 7) is 1.71. The van der Waals surface area contributed by atoms with Gasteiger partial charge in [-0.1, -0.05) is 11.8 Å². The second-order valence-corrected chi connectivity index (χ2v) is 3.97. The average Bonchev–Trinajstić information content (AvgIpc) is 2.09. The van der Waals surface area contributed by atoms with Gasteiger partial charge in [-0.25, -0.2) is 9.18 Å². The van der Waals surface area contributed by atoms with Crippen molar-refractivity contribution < 1.29 is 14.3 Å². The molecule has 0 saturated carbocycles. The molecule has 1 rings (SSSR count). The van der Waals surface area contributed by atoms with Crippen LogP contribution in [0.3, 0.4) is 0 Å². The number of aliphatic carboxylic acids is 1. The number of benzene rings is 1. The zero-order valence-corrected chi connectivity index (χ0v) is 8.34. The van der Waals surface area contributed by atoms with E-state index in [1.54, 1.807) is 6.92 Å². The van der Waals surface area contributed by atoms with E-state index in [1.165, 1.54) is 18.2 Å². The molecule has 0 fully saturated rings. The number of carbonyl (C=O) groups is 1. The van der Waals surface area contributed by atoms with Crippen LogP contribution in [-0.2, 0) is 4.79 Å². The van der Waals surface area contributed by atoms with Crippen LogP contribution in [0.2, 0.25) is 0 Å². The molecular weight excluding hydrogens is 205 g/mol. The van der Waals surface area contributed by atoms with Gasteiger partial charge in [0.1, 0.15) is 5.82 Å². The Kier molecular flexibility index (Phi) is 3.49. The molecule has 3 N–H and O–H groups in total. The van der Waals surface area contributed by atoms with E-state index in [2.05, 4.69) is 0 Å². The second kappa shape index (κ2) is 4.43. The lowest BCUT2D eigenvalue weighted by Crippen LogP contribution is -2.26. The van der Waals surface area contributed by atoms with Gasteiger partial charge in [-0.05, 0) is 30.7 Å². The molecule has 0 aliphatic carbocycles. The molecule has 1 atom stereocenters. The van der Waals surface area contributed by atoms with Crippen LogP contribution in [0.1, 0.15) is 5.56 Å². The first-order chi connectivity index (χ1) is 6.50. The Morgan fingerprint density at radius 3 is 2.79 bits per heavy atom. The molecular formula is C9H10FNO2S. The highest BCUT2D eigenvalue weighted by molar-refractivity contribution is 8.00. The molecule has 0 aliphatic heterocycles. The maximum Gasteiger partial charge on any atom is 0.331 e. The summed E-state index contributed by atoms with van der Waals surface area (Å²) >= 11 is 0.999. The van der Waals surface area contributed by atoms with Gasteiger partial charge >= 0.3 is 5.97 Å². The van der Waals surface area contributed by atoms with Crippen molar-refractivity contribution in [2.24, 2.45) is 5.73 Å². The van der Waals surface area contributed by atoms with Crippen LogP contribution in [0.4, 0.5) is 4.39 Å². The first kappa shape index (κ1) is 11.0. The lowest BCUT2D eigenvalue weighted by atomic mass is 10.2. The van der Waals surface area contributed by atoms with E-state index in [1.807, 2.05) is 0 Å². The Morgan fingerprint density at radius 2 is 2.29 bits per heavy atom. The van der Waals surface area contributed by atoms with Crippen LogP contribution in [0, 0.1) is 12.7 Å². The summed E-state index contributed by atoms with van der Waals surface area (Å²) in [7, 11) is 0. The number of nitrogens with two attached hydrogens (primary N) is 1. The molecule has 5 heteroatoms. The maximum absolute atomic E-state index is 12.7. The fraction of sp³-hybridized carbons (Fsp3) is 0.222. The third-order valence-corrected chi connectivity index (χ3v) is 2.80. The Balaban J connectivity index is 2.82. The van der Waals surface area contributed by atoms with Gasteiger partial charge in [0.05, 0.1) is 0 Å². The van der Waals surface area contributed by atoms with Crippen molar-refractivity contribution in [3.05, 3.63) is 29.6 Å². The maximum atomic E-state index is 12.7. The highest BCUT2D eigenvalue weighted by atomic mass is 32.2. The molecule has 0 saturated heterocycles. The predicted octanol–water partition coefficient (Wildman–Crippen LogP) is 1.60. The molecule has 1 aromatic carbocycles. The minimum atomic E-state index is -1.08. The summed E-state index contributed by atoms with van der Waals surface area (Å²) in [5, 5.41) is 7.55. The van der Waals surface area contributed by atoms with Crippen LogP contribution < -0.4 is 5.73 Å². The van der Waals surface area contributed by atoms with Crippen molar-refractivity contribution in [1.29, 1.82) is 0 Å². The van der Waals surface area contributed by atoms with Crippen molar-refractivity contribution in [3.63, 3.8) is 0 Å². The first-order valence-corrected chi connectivity index (χ1v) is 4.80. The number of aryl methyl sites for hydroxylation is 1. The van der Waals surface area contributed by atoms with E-state index in [0.717, 1.165) is 11.8 Å². The summed E-state index contributed by atoms with van der Waals surface area (Å²) in [4.78, 5) is 11.1. The van der Waals surface area contributed by atoms with Gasteiger partial charge in [-0.15, -0.1) is 0 Å². The third-order valence-electron chi connectivity index (χ3n) is 1.63. The molecule has 0 spiro atoms. The van der Waals surface area contributed by atoms with Crippen LogP contribution in [0.5, 0.6) is 0 Å². The van der Waals surface area contributed by atoms with Crippen molar-refractivity contribution in [1.82, 2.24) is 0 Å². The van der Waals surface area contributed by atoms with Gasteiger partial charge in [-0.2, -0.15) is 0 Å². The number of halogens is 1. The zero-order chi connectivity index (χ0) is 10.7. The van der Waals surface area contributed by atoms with Gasteiger partial charge < -0.3 is 10.8 Å². The lowest BCUT2D eigenvalue weighted by molar-refractivity contribution is -0.136. The summed E-state index contributed by atoms with van der Waals surface area (Å²) < 4.78 is 12.7. The molecule has 3 nitrogen and oxygen atoms in total. The lowest BCUT2D eigenvalue weighted by Gasteiger charge is -2.08. The van der Waals surface area contributed by atoms with E-state index in [-0.39, 0.29) is 5.82 Å². The van der Waals surface area contributed by atoms with Gasteiger partial charge in [0.15, 0.2) is 5.37 Å². The second-order valence-electron chi connectivity index (χ2n) is 2.79. The summed E-state index contributed by atoms with van der Waals surface area (Å²) in [5.41, 5.74) is 6.01. The number of hydrogen-bond donors (Lipinski definition) is 2. The van der Waals surface area contributed by atoms with Crippen molar-refractivity contribution in [2.45, 2.75) is 17.2 Å². The molecule has 0 aromatic heterocycles. The molecule has 1 unspecified atom stereocenters. The van der Waals surface area contributed by atoms with Crippen LogP contribution in [-0.4, -0.2) is 16.4 Å². The molecule has 14 heavy (non-hydrogen) atoms.